The number of hydrogen-bond acceptors (Lipinski definition) is 3. The van der Waals surface area contributed by atoms with Gasteiger partial charge in [0.05, 0.1) is 0 Å². The molecule has 0 saturated heterocycles. The Balaban J connectivity index is 2.35. The summed E-state index contributed by atoms with van der Waals surface area (Å²) >= 11 is 3.22. The van der Waals surface area contributed by atoms with Crippen molar-refractivity contribution in [3.63, 3.8) is 0 Å². The van der Waals surface area contributed by atoms with Crippen molar-refractivity contribution in [2.75, 3.05) is 10.6 Å². The Morgan fingerprint density at radius 1 is 1.35 bits per heavy atom. The molecule has 0 radical (unpaired) electrons. The molecule has 2 N–H and O–H groups in total. The molecule has 5 heteroatoms. The highest BCUT2D eigenvalue weighted by atomic mass is 79.9. The van der Waals surface area contributed by atoms with Gasteiger partial charge in [-0.15, -0.1) is 0 Å². The maximum Gasteiger partial charge on any atom is 0.166 e. The van der Waals surface area contributed by atoms with Crippen molar-refractivity contribution in [3.05, 3.63) is 52.4 Å². The van der Waals surface area contributed by atoms with Crippen LogP contribution in [0.3, 0.4) is 0 Å². The Kier molecular flexibility index (Phi) is 4.60. The molecule has 106 valence electrons. The summed E-state index contributed by atoms with van der Waals surface area (Å²) in [4.78, 5) is 6.08. The smallest absolute Gasteiger partial charge is 0.166 e. The van der Waals surface area contributed by atoms with Crippen LogP contribution in [0.2, 0.25) is 0 Å². The SMILES string of the molecule is CC(C)N(Cc1ccccc1N)c1ncc(Br)cc1F. The lowest BCUT2D eigenvalue weighted by Gasteiger charge is -2.28. The molecule has 0 fully saturated rings. The van der Waals surface area contributed by atoms with Gasteiger partial charge in [-0.25, -0.2) is 9.37 Å². The molecule has 0 spiro atoms. The van der Waals surface area contributed by atoms with Gasteiger partial charge in [0.15, 0.2) is 11.6 Å². The number of benzene rings is 1. The van der Waals surface area contributed by atoms with Crippen LogP contribution < -0.4 is 10.6 Å². The Hall–Kier alpha value is -1.62. The summed E-state index contributed by atoms with van der Waals surface area (Å²) in [5.41, 5.74) is 7.63. The third-order valence-electron chi connectivity index (χ3n) is 3.08. The van der Waals surface area contributed by atoms with Crippen LogP contribution in [-0.4, -0.2) is 11.0 Å². The molecule has 0 unspecified atom stereocenters. The topological polar surface area (TPSA) is 42.1 Å². The van der Waals surface area contributed by atoms with E-state index in [1.807, 2.05) is 43.0 Å². The predicted molar refractivity (Wildman–Crippen MR) is 84.1 cm³/mol. The van der Waals surface area contributed by atoms with Gasteiger partial charge in [-0.3, -0.25) is 0 Å². The second-order valence-electron chi connectivity index (χ2n) is 4.88. The van der Waals surface area contributed by atoms with Gasteiger partial charge in [0, 0.05) is 28.9 Å². The van der Waals surface area contributed by atoms with E-state index in [0.717, 1.165) is 5.56 Å². The Labute approximate surface area is 126 Å². The standard InChI is InChI=1S/C15H17BrFN3/c1-10(2)20(9-11-5-3-4-6-14(11)18)15-13(17)7-12(16)8-19-15/h3-8,10H,9,18H2,1-2H3. The number of nitrogens with two attached hydrogens (primary N) is 1. The van der Waals surface area contributed by atoms with Gasteiger partial charge in [0.1, 0.15) is 0 Å². The van der Waals surface area contributed by atoms with Gasteiger partial charge >= 0.3 is 0 Å². The predicted octanol–water partition coefficient (Wildman–Crippen LogP) is 3.98. The molecule has 1 aromatic carbocycles. The first-order valence-corrected chi connectivity index (χ1v) is 7.19. The molecule has 0 aliphatic rings. The third kappa shape index (κ3) is 3.28. The maximum atomic E-state index is 14.1. The highest BCUT2D eigenvalue weighted by Crippen LogP contribution is 2.25. The third-order valence-corrected chi connectivity index (χ3v) is 3.51. The average molecular weight is 338 g/mol. The number of nitrogens with zero attached hydrogens (tertiary/aromatic N) is 2. The molecule has 2 aromatic rings. The lowest BCUT2D eigenvalue weighted by atomic mass is 10.1. The fraction of sp³-hybridized carbons (Fsp3) is 0.267. The summed E-state index contributed by atoms with van der Waals surface area (Å²) in [5, 5.41) is 0. The number of hydrogen-bond donors (Lipinski definition) is 1. The molecule has 2 rings (SSSR count). The van der Waals surface area contributed by atoms with E-state index in [0.29, 0.717) is 22.5 Å². The van der Waals surface area contributed by atoms with Crippen molar-refractivity contribution in [3.8, 4) is 0 Å². The van der Waals surface area contributed by atoms with Crippen LogP contribution in [-0.2, 0) is 6.54 Å². The Morgan fingerprint density at radius 2 is 2.05 bits per heavy atom. The lowest BCUT2D eigenvalue weighted by molar-refractivity contribution is 0.587. The zero-order chi connectivity index (χ0) is 14.7. The number of halogens is 2. The van der Waals surface area contributed by atoms with Crippen LogP contribution in [0.15, 0.2) is 41.0 Å². The first-order chi connectivity index (χ1) is 9.49. The van der Waals surface area contributed by atoms with Crippen molar-refractivity contribution in [2.24, 2.45) is 0 Å². The van der Waals surface area contributed by atoms with E-state index < -0.39 is 0 Å². The average Bonchev–Trinajstić information content (AvgIpc) is 2.38. The van der Waals surface area contributed by atoms with Crippen LogP contribution in [0, 0.1) is 5.82 Å². The van der Waals surface area contributed by atoms with Crippen molar-refractivity contribution in [2.45, 2.75) is 26.4 Å². The van der Waals surface area contributed by atoms with Crippen LogP contribution in [0.25, 0.3) is 0 Å². The van der Waals surface area contributed by atoms with E-state index in [2.05, 4.69) is 20.9 Å². The normalized spacial score (nSPS) is 10.8. The second-order valence-corrected chi connectivity index (χ2v) is 5.80. The van der Waals surface area contributed by atoms with Gasteiger partial charge in [-0.05, 0) is 47.5 Å². The van der Waals surface area contributed by atoms with Gasteiger partial charge in [-0.1, -0.05) is 18.2 Å². The largest absolute Gasteiger partial charge is 0.398 e. The minimum Gasteiger partial charge on any atom is -0.398 e. The van der Waals surface area contributed by atoms with Crippen LogP contribution in [0.5, 0.6) is 0 Å². The highest BCUT2D eigenvalue weighted by molar-refractivity contribution is 9.10. The van der Waals surface area contributed by atoms with Crippen LogP contribution in [0.4, 0.5) is 15.9 Å². The second kappa shape index (κ2) is 6.22. The summed E-state index contributed by atoms with van der Waals surface area (Å²) < 4.78 is 14.7. The van der Waals surface area contributed by atoms with Crippen molar-refractivity contribution in [1.29, 1.82) is 0 Å². The molecule has 0 aliphatic heterocycles. The van der Waals surface area contributed by atoms with E-state index in [1.165, 1.54) is 6.07 Å². The van der Waals surface area contributed by atoms with Crippen molar-refractivity contribution in [1.82, 2.24) is 4.98 Å². The minimum absolute atomic E-state index is 0.109. The van der Waals surface area contributed by atoms with E-state index >= 15 is 0 Å². The maximum absolute atomic E-state index is 14.1. The monoisotopic (exact) mass is 337 g/mol. The molecule has 1 aromatic heterocycles. The lowest BCUT2D eigenvalue weighted by Crippen LogP contribution is -2.32. The quantitative estimate of drug-likeness (QED) is 0.858. The first kappa shape index (κ1) is 14.8. The molecule has 0 bridgehead atoms. The highest BCUT2D eigenvalue weighted by Gasteiger charge is 2.18. The zero-order valence-electron chi connectivity index (χ0n) is 11.5. The number of anilines is 2. The van der Waals surface area contributed by atoms with Crippen molar-refractivity contribution >= 4 is 27.4 Å². The number of aromatic nitrogens is 1. The van der Waals surface area contributed by atoms with Crippen molar-refractivity contribution < 1.29 is 4.39 Å². The summed E-state index contributed by atoms with van der Waals surface area (Å²) in [6, 6.07) is 9.14. The zero-order valence-corrected chi connectivity index (χ0v) is 13.1. The summed E-state index contributed by atoms with van der Waals surface area (Å²) in [6.45, 7) is 4.53. The molecule has 1 heterocycles. The number of pyridine rings is 1. The molecule has 0 aliphatic carbocycles. The van der Waals surface area contributed by atoms with E-state index in [9.17, 15) is 4.39 Å². The van der Waals surface area contributed by atoms with Gasteiger partial charge in [-0.2, -0.15) is 0 Å². The minimum atomic E-state index is -0.345. The first-order valence-electron chi connectivity index (χ1n) is 6.40. The van der Waals surface area contributed by atoms with Crippen LogP contribution in [0.1, 0.15) is 19.4 Å². The summed E-state index contributed by atoms with van der Waals surface area (Å²) in [6.07, 6.45) is 1.60. The Morgan fingerprint density at radius 3 is 2.65 bits per heavy atom. The fourth-order valence-corrected chi connectivity index (χ4v) is 2.29. The van der Waals surface area contributed by atoms with E-state index in [-0.39, 0.29) is 11.9 Å². The molecule has 3 nitrogen and oxygen atoms in total. The summed E-state index contributed by atoms with van der Waals surface area (Å²) in [5.74, 6) is -0.00553. The molecule has 0 saturated carbocycles. The van der Waals surface area contributed by atoms with E-state index in [1.54, 1.807) is 6.20 Å². The molecular formula is C15H17BrFN3. The summed E-state index contributed by atoms with van der Waals surface area (Å²) in [7, 11) is 0. The van der Waals surface area contributed by atoms with Crippen LogP contribution >= 0.6 is 15.9 Å². The van der Waals surface area contributed by atoms with Gasteiger partial charge in [0.2, 0.25) is 0 Å². The molecular weight excluding hydrogens is 321 g/mol. The number of para-hydroxylation sites is 1. The number of nitrogen functional groups attached to an aromatic ring is 1. The van der Waals surface area contributed by atoms with Gasteiger partial charge in [0.25, 0.3) is 0 Å². The van der Waals surface area contributed by atoms with E-state index in [4.69, 9.17) is 5.73 Å². The molecule has 20 heavy (non-hydrogen) atoms. The van der Waals surface area contributed by atoms with Gasteiger partial charge < -0.3 is 10.6 Å². The molecule has 0 atom stereocenters. The number of rotatable bonds is 4. The fourth-order valence-electron chi connectivity index (χ4n) is 1.98. The Bertz CT molecular complexity index is 601. The molecule has 0 amide bonds.